The van der Waals surface area contributed by atoms with E-state index in [0.717, 1.165) is 35.1 Å². The van der Waals surface area contributed by atoms with E-state index in [4.69, 9.17) is 4.74 Å². The molecule has 0 amide bonds. The zero-order valence-corrected chi connectivity index (χ0v) is 18.3. The molecule has 1 N–H and O–H groups in total. The van der Waals surface area contributed by atoms with Crippen LogP contribution in [-0.4, -0.2) is 48.7 Å². The van der Waals surface area contributed by atoms with Crippen LogP contribution in [-0.2, 0) is 14.8 Å². The first-order chi connectivity index (χ1) is 14.3. The van der Waals surface area contributed by atoms with E-state index >= 15 is 0 Å². The Morgan fingerprint density at radius 2 is 1.87 bits per heavy atom. The highest BCUT2D eigenvalue weighted by Crippen LogP contribution is 2.29. The highest BCUT2D eigenvalue weighted by Gasteiger charge is 2.33. The van der Waals surface area contributed by atoms with E-state index in [1.165, 1.54) is 17.3 Å². The van der Waals surface area contributed by atoms with Gasteiger partial charge in [-0.25, -0.2) is 13.2 Å². The van der Waals surface area contributed by atoms with E-state index in [0.29, 0.717) is 24.3 Å². The molecule has 2 aromatic heterocycles. The van der Waals surface area contributed by atoms with Crippen molar-refractivity contribution in [2.75, 3.05) is 13.1 Å². The van der Waals surface area contributed by atoms with Crippen molar-refractivity contribution in [3.63, 3.8) is 0 Å². The van der Waals surface area contributed by atoms with E-state index in [2.05, 4.69) is 4.98 Å². The van der Waals surface area contributed by atoms with Crippen LogP contribution in [0.4, 0.5) is 0 Å². The van der Waals surface area contributed by atoms with Crippen LogP contribution in [0.15, 0.2) is 40.6 Å². The molecule has 0 bridgehead atoms. The van der Waals surface area contributed by atoms with Gasteiger partial charge in [0.2, 0.25) is 15.8 Å². The predicted octanol–water partition coefficient (Wildman–Crippen LogP) is 3.75. The van der Waals surface area contributed by atoms with Gasteiger partial charge in [-0.2, -0.15) is 4.31 Å². The largest absolute Gasteiger partial charge is 0.450 e. The van der Waals surface area contributed by atoms with E-state index in [1.807, 2.05) is 24.3 Å². The van der Waals surface area contributed by atoms with Crippen molar-refractivity contribution in [3.8, 4) is 0 Å². The third-order valence-electron chi connectivity index (χ3n) is 5.29. The maximum Gasteiger partial charge on any atom is 0.350 e. The van der Waals surface area contributed by atoms with E-state index in [1.54, 1.807) is 12.3 Å². The number of aromatic nitrogens is 1. The van der Waals surface area contributed by atoms with Crippen LogP contribution < -0.4 is 0 Å². The molecule has 1 aromatic carbocycles. The average Bonchev–Trinajstić information content (AvgIpc) is 3.45. The molecule has 0 spiro atoms. The molecule has 158 valence electrons. The van der Waals surface area contributed by atoms with Crippen LogP contribution >= 0.6 is 11.3 Å². The molecular formula is C21H22N2O5S2. The van der Waals surface area contributed by atoms with Gasteiger partial charge in [-0.05, 0) is 44.2 Å². The summed E-state index contributed by atoms with van der Waals surface area (Å²) >= 11 is 1.00. The lowest BCUT2D eigenvalue weighted by Crippen LogP contribution is -2.29. The van der Waals surface area contributed by atoms with Gasteiger partial charge in [0.05, 0.1) is 0 Å². The van der Waals surface area contributed by atoms with Crippen molar-refractivity contribution in [2.45, 2.75) is 37.7 Å². The number of thiophene rings is 1. The molecule has 3 heterocycles. The highest BCUT2D eigenvalue weighted by atomic mass is 32.2. The second-order valence-electron chi connectivity index (χ2n) is 7.31. The Morgan fingerprint density at radius 3 is 2.60 bits per heavy atom. The Morgan fingerprint density at radius 1 is 1.17 bits per heavy atom. The lowest BCUT2D eigenvalue weighted by Gasteiger charge is -2.16. The summed E-state index contributed by atoms with van der Waals surface area (Å²) in [6.07, 6.45) is 0.553. The van der Waals surface area contributed by atoms with Gasteiger partial charge < -0.3 is 9.72 Å². The fraction of sp³-hybridized carbons (Fsp3) is 0.333. The molecule has 30 heavy (non-hydrogen) atoms. The maximum atomic E-state index is 13.0. The fourth-order valence-electron chi connectivity index (χ4n) is 3.78. The molecule has 0 radical (unpaired) electrons. The number of ketones is 1. The number of sulfonamides is 1. The van der Waals surface area contributed by atoms with Crippen molar-refractivity contribution in [1.29, 1.82) is 0 Å². The number of para-hydroxylation sites is 1. The van der Waals surface area contributed by atoms with E-state index < -0.39 is 22.1 Å². The van der Waals surface area contributed by atoms with Gasteiger partial charge in [0.15, 0.2) is 6.10 Å². The molecule has 0 unspecified atom stereocenters. The number of fused-ring (bicyclic) bond motifs is 1. The van der Waals surface area contributed by atoms with E-state index in [9.17, 15) is 18.0 Å². The van der Waals surface area contributed by atoms with Gasteiger partial charge in [0, 0.05) is 35.2 Å². The smallest absolute Gasteiger partial charge is 0.350 e. The minimum atomic E-state index is -3.75. The number of nitrogens with zero attached hydrogens (tertiary/aromatic N) is 1. The lowest BCUT2D eigenvalue weighted by atomic mass is 10.0. The molecule has 0 aliphatic carbocycles. The number of H-pyrrole nitrogens is 1. The zero-order chi connectivity index (χ0) is 21.5. The monoisotopic (exact) mass is 446 g/mol. The number of rotatable bonds is 6. The first-order valence-corrected chi connectivity index (χ1v) is 12.0. The summed E-state index contributed by atoms with van der Waals surface area (Å²) in [5, 5.41) is 2.31. The molecule has 1 aliphatic heterocycles. The van der Waals surface area contributed by atoms with Gasteiger partial charge in [0.1, 0.15) is 9.77 Å². The van der Waals surface area contributed by atoms with Crippen molar-refractivity contribution in [3.05, 3.63) is 51.8 Å². The second-order valence-corrected chi connectivity index (χ2v) is 10.1. The standard InChI is InChI=1S/C21H22N2O5S2/c1-13-18(15-7-3-4-8-16(15)22-13)19(24)14(2)28-21(25)20-17(9-12-29-20)30(26,27)23-10-5-6-11-23/h3-4,7-9,12,14,22H,5-6,10-11H2,1-2H3/t14-/m1/s1. The molecule has 1 aliphatic rings. The number of nitrogens with one attached hydrogen (secondary N) is 1. The summed E-state index contributed by atoms with van der Waals surface area (Å²) in [6, 6.07) is 8.84. The molecule has 4 rings (SSSR count). The number of benzene rings is 1. The third kappa shape index (κ3) is 3.57. The molecule has 1 saturated heterocycles. The van der Waals surface area contributed by atoms with Crippen LogP contribution in [0.25, 0.3) is 10.9 Å². The summed E-state index contributed by atoms with van der Waals surface area (Å²) in [6.45, 7) is 4.19. The normalized spacial score (nSPS) is 16.1. The summed E-state index contributed by atoms with van der Waals surface area (Å²) in [5.74, 6) is -1.14. The molecule has 9 heteroatoms. The van der Waals surface area contributed by atoms with Gasteiger partial charge in [-0.3, -0.25) is 4.79 Å². The molecular weight excluding hydrogens is 424 g/mol. The summed E-state index contributed by atoms with van der Waals surface area (Å²) < 4.78 is 32.5. The Hall–Kier alpha value is -2.49. The maximum absolute atomic E-state index is 13.0. The summed E-state index contributed by atoms with van der Waals surface area (Å²) in [5.41, 5.74) is 1.99. The Bertz CT molecular complexity index is 1220. The molecule has 1 fully saturated rings. The number of hydrogen-bond donors (Lipinski definition) is 1. The van der Waals surface area contributed by atoms with Crippen LogP contribution in [0.2, 0.25) is 0 Å². The number of aromatic amines is 1. The minimum absolute atomic E-state index is 0.00259. The van der Waals surface area contributed by atoms with Crippen molar-refractivity contribution < 1.29 is 22.7 Å². The molecule has 7 nitrogen and oxygen atoms in total. The number of aryl methyl sites for hydroxylation is 1. The van der Waals surface area contributed by atoms with E-state index in [-0.39, 0.29) is 15.6 Å². The number of hydrogen-bond acceptors (Lipinski definition) is 6. The fourth-order valence-corrected chi connectivity index (χ4v) is 6.57. The summed E-state index contributed by atoms with van der Waals surface area (Å²) in [4.78, 5) is 28.9. The van der Waals surface area contributed by atoms with Crippen molar-refractivity contribution in [1.82, 2.24) is 9.29 Å². The minimum Gasteiger partial charge on any atom is -0.450 e. The quantitative estimate of drug-likeness (QED) is 0.459. The number of carbonyl (C=O) groups is 2. The predicted molar refractivity (Wildman–Crippen MR) is 115 cm³/mol. The van der Waals surface area contributed by atoms with Crippen molar-refractivity contribution in [2.24, 2.45) is 0 Å². The first-order valence-electron chi connectivity index (χ1n) is 9.71. The van der Waals surface area contributed by atoms with Gasteiger partial charge in [0.25, 0.3) is 0 Å². The Balaban J connectivity index is 1.57. The van der Waals surface area contributed by atoms with Crippen LogP contribution in [0.5, 0.6) is 0 Å². The van der Waals surface area contributed by atoms with Gasteiger partial charge in [-0.15, -0.1) is 11.3 Å². The number of ether oxygens (including phenoxy) is 1. The number of Topliss-reactive ketones (excluding diaryl/α,β-unsaturated/α-hetero) is 1. The average molecular weight is 447 g/mol. The van der Waals surface area contributed by atoms with Crippen LogP contribution in [0.3, 0.4) is 0 Å². The summed E-state index contributed by atoms with van der Waals surface area (Å²) in [7, 11) is -3.75. The lowest BCUT2D eigenvalue weighted by molar-refractivity contribution is 0.0320. The van der Waals surface area contributed by atoms with Gasteiger partial charge >= 0.3 is 5.97 Å². The topological polar surface area (TPSA) is 96.5 Å². The van der Waals surface area contributed by atoms with Crippen LogP contribution in [0, 0.1) is 6.92 Å². The number of esters is 1. The Labute approximate surface area is 178 Å². The molecule has 3 aromatic rings. The molecule has 1 atom stereocenters. The van der Waals surface area contributed by atoms with Crippen molar-refractivity contribution >= 4 is 44.0 Å². The SMILES string of the molecule is Cc1[nH]c2ccccc2c1C(=O)[C@@H](C)OC(=O)c1sccc1S(=O)(=O)N1CCCC1. The number of carbonyl (C=O) groups excluding carboxylic acids is 2. The zero-order valence-electron chi connectivity index (χ0n) is 16.7. The molecule has 0 saturated carbocycles. The highest BCUT2D eigenvalue weighted by molar-refractivity contribution is 7.89. The van der Waals surface area contributed by atoms with Crippen LogP contribution in [0.1, 0.15) is 45.5 Å². The third-order valence-corrected chi connectivity index (χ3v) is 8.26. The first kappa shape index (κ1) is 20.8. The van der Waals surface area contributed by atoms with Gasteiger partial charge in [-0.1, -0.05) is 18.2 Å². The second kappa shape index (κ2) is 7.98. The Kier molecular flexibility index (Phi) is 5.52.